The van der Waals surface area contributed by atoms with Crippen molar-refractivity contribution >= 4 is 11.9 Å². The van der Waals surface area contributed by atoms with E-state index in [-0.39, 0.29) is 11.4 Å². The van der Waals surface area contributed by atoms with Crippen LogP contribution in [0, 0.1) is 0 Å². The molecule has 2 N–H and O–H groups in total. The van der Waals surface area contributed by atoms with Gasteiger partial charge in [0.15, 0.2) is 0 Å². The van der Waals surface area contributed by atoms with Gasteiger partial charge >= 0.3 is 5.97 Å². The van der Waals surface area contributed by atoms with Gasteiger partial charge in [-0.2, -0.15) is 0 Å². The van der Waals surface area contributed by atoms with Gasteiger partial charge in [0.05, 0.1) is 6.61 Å². The first kappa shape index (κ1) is 16.6. The minimum Gasteiger partial charge on any atom is -0.463 e. The Bertz CT molecular complexity index is 306. The van der Waals surface area contributed by atoms with E-state index < -0.39 is 5.97 Å². The molecule has 0 rings (SSSR count). The van der Waals surface area contributed by atoms with Gasteiger partial charge < -0.3 is 15.4 Å². The summed E-state index contributed by atoms with van der Waals surface area (Å²) in [4.78, 5) is 22.7. The van der Waals surface area contributed by atoms with E-state index in [4.69, 9.17) is 4.74 Å². The second-order valence-corrected chi connectivity index (χ2v) is 5.05. The number of amides is 1. The molecule has 0 unspecified atom stereocenters. The summed E-state index contributed by atoms with van der Waals surface area (Å²) in [5.74, 6) is -0.416. The lowest BCUT2D eigenvalue weighted by Crippen LogP contribution is -2.41. The van der Waals surface area contributed by atoms with Crippen LogP contribution in [-0.4, -0.2) is 37.1 Å². The molecule has 5 heteroatoms. The summed E-state index contributed by atoms with van der Waals surface area (Å²) in [6.45, 7) is 12.3. The van der Waals surface area contributed by atoms with E-state index in [9.17, 15) is 9.59 Å². The Morgan fingerprint density at radius 1 is 1.28 bits per heavy atom. The second kappa shape index (κ2) is 7.87. The first-order chi connectivity index (χ1) is 8.26. The van der Waals surface area contributed by atoms with Crippen molar-refractivity contribution in [3.8, 4) is 0 Å². The van der Waals surface area contributed by atoms with E-state index in [1.165, 1.54) is 0 Å². The average Bonchev–Trinajstić information content (AvgIpc) is 2.21. The van der Waals surface area contributed by atoms with Crippen molar-refractivity contribution in [1.29, 1.82) is 0 Å². The molecule has 0 aliphatic rings. The molecule has 104 valence electrons. The maximum atomic E-state index is 11.5. The minimum absolute atomic E-state index is 0.0169. The number of hydrogen-bond acceptors (Lipinski definition) is 4. The van der Waals surface area contributed by atoms with Gasteiger partial charge in [0.1, 0.15) is 0 Å². The maximum absolute atomic E-state index is 11.5. The molecule has 1 amide bonds. The third-order valence-electron chi connectivity index (χ3n) is 1.95. The molecule has 5 nitrogen and oxygen atoms in total. The molecule has 0 aromatic rings. The van der Waals surface area contributed by atoms with Crippen molar-refractivity contribution < 1.29 is 14.3 Å². The molecular formula is C13H24N2O3. The maximum Gasteiger partial charge on any atom is 0.334 e. The lowest BCUT2D eigenvalue weighted by molar-refractivity contribution is -0.138. The molecule has 18 heavy (non-hydrogen) atoms. The summed E-state index contributed by atoms with van der Waals surface area (Å²) in [6, 6.07) is 0. The van der Waals surface area contributed by atoms with Gasteiger partial charge in [0.2, 0.25) is 5.91 Å². The molecule has 0 bridgehead atoms. The third-order valence-corrected chi connectivity index (χ3v) is 1.95. The number of rotatable bonds is 7. The largest absolute Gasteiger partial charge is 0.463 e. The van der Waals surface area contributed by atoms with Gasteiger partial charge in [-0.1, -0.05) is 6.58 Å². The fraction of sp³-hybridized carbons (Fsp3) is 0.692. The van der Waals surface area contributed by atoms with E-state index in [0.29, 0.717) is 31.7 Å². The zero-order valence-corrected chi connectivity index (χ0v) is 11.8. The Kier molecular flexibility index (Phi) is 7.27. The minimum atomic E-state index is -0.399. The first-order valence-electron chi connectivity index (χ1n) is 6.13. The normalized spacial score (nSPS) is 10.9. The highest BCUT2D eigenvalue weighted by Crippen LogP contribution is 1.98. The van der Waals surface area contributed by atoms with Gasteiger partial charge in [-0.25, -0.2) is 4.79 Å². The highest BCUT2D eigenvalue weighted by Gasteiger charge is 2.13. The number of esters is 1. The smallest absolute Gasteiger partial charge is 0.334 e. The number of ether oxygens (including phenoxy) is 1. The fourth-order valence-corrected chi connectivity index (χ4v) is 1.23. The highest BCUT2D eigenvalue weighted by molar-refractivity contribution is 5.88. The van der Waals surface area contributed by atoms with Crippen molar-refractivity contribution in [1.82, 2.24) is 10.6 Å². The molecule has 0 spiro atoms. The SMILES string of the molecule is C=C(CNCCC(=O)NC(C)(C)C)C(=O)OCC. The zero-order chi connectivity index (χ0) is 14.2. The van der Waals surface area contributed by atoms with Crippen molar-refractivity contribution in [3.63, 3.8) is 0 Å². The zero-order valence-electron chi connectivity index (χ0n) is 11.8. The van der Waals surface area contributed by atoms with Crippen LogP contribution in [0.3, 0.4) is 0 Å². The Morgan fingerprint density at radius 3 is 2.39 bits per heavy atom. The van der Waals surface area contributed by atoms with E-state index in [0.717, 1.165) is 0 Å². The Labute approximate surface area is 109 Å². The van der Waals surface area contributed by atoms with Crippen LogP contribution in [0.25, 0.3) is 0 Å². The molecule has 0 saturated carbocycles. The number of hydrogen-bond donors (Lipinski definition) is 2. The van der Waals surface area contributed by atoms with Crippen molar-refractivity contribution in [3.05, 3.63) is 12.2 Å². The van der Waals surface area contributed by atoms with Crippen LogP contribution in [0.4, 0.5) is 0 Å². The van der Waals surface area contributed by atoms with Crippen LogP contribution in [0.2, 0.25) is 0 Å². The molecule has 0 aromatic carbocycles. The van der Waals surface area contributed by atoms with Crippen molar-refractivity contribution in [2.75, 3.05) is 19.7 Å². The van der Waals surface area contributed by atoms with E-state index >= 15 is 0 Å². The van der Waals surface area contributed by atoms with Gasteiger partial charge in [-0.05, 0) is 27.7 Å². The number of carbonyl (C=O) groups excluding carboxylic acids is 2. The molecule has 0 aliphatic heterocycles. The Balaban J connectivity index is 3.71. The first-order valence-corrected chi connectivity index (χ1v) is 6.13. The molecule has 0 fully saturated rings. The molecule has 0 aliphatic carbocycles. The standard InChI is InChI=1S/C13H24N2O3/c1-6-18-12(17)10(2)9-14-8-7-11(16)15-13(3,4)5/h14H,2,6-9H2,1,3-5H3,(H,15,16). The fourth-order valence-electron chi connectivity index (χ4n) is 1.23. The molecule has 0 saturated heterocycles. The third kappa shape index (κ3) is 8.75. The summed E-state index contributed by atoms with van der Waals surface area (Å²) < 4.78 is 4.79. The van der Waals surface area contributed by atoms with Crippen molar-refractivity contribution in [2.45, 2.75) is 39.7 Å². The number of nitrogens with one attached hydrogen (secondary N) is 2. The molecule has 0 heterocycles. The monoisotopic (exact) mass is 256 g/mol. The van der Waals surface area contributed by atoms with Crippen LogP contribution in [0.1, 0.15) is 34.1 Å². The van der Waals surface area contributed by atoms with Crippen molar-refractivity contribution in [2.24, 2.45) is 0 Å². The van der Waals surface area contributed by atoms with Crippen LogP contribution in [0.5, 0.6) is 0 Å². The predicted molar refractivity (Wildman–Crippen MR) is 71.2 cm³/mol. The number of carbonyl (C=O) groups is 2. The summed E-state index contributed by atoms with van der Waals surface area (Å²) in [7, 11) is 0. The lowest BCUT2D eigenvalue weighted by atomic mass is 10.1. The Hall–Kier alpha value is -1.36. The summed E-state index contributed by atoms with van der Waals surface area (Å²) in [6.07, 6.45) is 0.368. The molecule has 0 aromatic heterocycles. The predicted octanol–water partition coefficient (Wildman–Crippen LogP) is 1.00. The van der Waals surface area contributed by atoms with Gasteiger partial charge in [-0.3, -0.25) is 4.79 Å². The Morgan fingerprint density at radius 2 is 1.89 bits per heavy atom. The van der Waals surface area contributed by atoms with E-state index in [2.05, 4.69) is 17.2 Å². The van der Waals surface area contributed by atoms with Gasteiger partial charge in [0, 0.05) is 30.6 Å². The molecular weight excluding hydrogens is 232 g/mol. The lowest BCUT2D eigenvalue weighted by Gasteiger charge is -2.20. The summed E-state index contributed by atoms with van der Waals surface area (Å²) >= 11 is 0. The quantitative estimate of drug-likeness (QED) is 0.405. The van der Waals surface area contributed by atoms with Crippen LogP contribution in [0.15, 0.2) is 12.2 Å². The van der Waals surface area contributed by atoms with Crippen LogP contribution < -0.4 is 10.6 Å². The summed E-state index contributed by atoms with van der Waals surface area (Å²) in [5.41, 5.74) is 0.152. The highest BCUT2D eigenvalue weighted by atomic mass is 16.5. The molecule has 0 radical (unpaired) electrons. The second-order valence-electron chi connectivity index (χ2n) is 5.05. The van der Waals surface area contributed by atoms with E-state index in [1.54, 1.807) is 6.92 Å². The summed E-state index contributed by atoms with van der Waals surface area (Å²) in [5, 5.41) is 5.84. The van der Waals surface area contributed by atoms with Crippen LogP contribution >= 0.6 is 0 Å². The van der Waals surface area contributed by atoms with Gasteiger partial charge in [0.25, 0.3) is 0 Å². The molecule has 0 atom stereocenters. The van der Waals surface area contributed by atoms with Gasteiger partial charge in [-0.15, -0.1) is 0 Å². The van der Waals surface area contributed by atoms with E-state index in [1.807, 2.05) is 20.8 Å². The average molecular weight is 256 g/mol. The van der Waals surface area contributed by atoms with Crippen LogP contribution in [-0.2, 0) is 14.3 Å². The topological polar surface area (TPSA) is 67.4 Å².